The predicted molar refractivity (Wildman–Crippen MR) is 30.0 cm³/mol. The Morgan fingerprint density at radius 2 is 2.00 bits per heavy atom. The van der Waals surface area contributed by atoms with Crippen LogP contribution in [0, 0.1) is 5.92 Å². The Kier molecular flexibility index (Phi) is 2.74. The van der Waals surface area contributed by atoms with E-state index in [4.69, 9.17) is 0 Å². The van der Waals surface area contributed by atoms with Crippen LogP contribution in [0.25, 0.3) is 0 Å². The van der Waals surface area contributed by atoms with Gasteiger partial charge in [-0.2, -0.15) is 13.2 Å². The Bertz CT molecular complexity index is 93.0. The number of halogens is 3. The van der Waals surface area contributed by atoms with E-state index in [9.17, 15) is 13.2 Å². The minimum absolute atomic E-state index is 0.00347. The lowest BCUT2D eigenvalue weighted by molar-refractivity contribution is -0.168. The molecule has 0 aliphatic carbocycles. The van der Waals surface area contributed by atoms with Crippen LogP contribution in [0.5, 0.6) is 0 Å². The van der Waals surface area contributed by atoms with Crippen LogP contribution in [0.4, 0.5) is 13.2 Å². The van der Waals surface area contributed by atoms with E-state index in [-0.39, 0.29) is 6.42 Å². The quantitative estimate of drug-likeness (QED) is 0.514. The normalized spacial score (nSPS) is 15.1. The van der Waals surface area contributed by atoms with Crippen molar-refractivity contribution in [2.75, 3.05) is 0 Å². The summed E-state index contributed by atoms with van der Waals surface area (Å²) in [7, 11) is 0. The van der Waals surface area contributed by atoms with Gasteiger partial charge in [-0.3, -0.25) is 0 Å². The topological polar surface area (TPSA) is 0 Å². The second kappa shape index (κ2) is 2.90. The lowest BCUT2D eigenvalue weighted by atomic mass is 10.1. The molecule has 3 heteroatoms. The molecule has 0 saturated carbocycles. The molecular weight excluding hydrogens is 129 g/mol. The second-order valence-electron chi connectivity index (χ2n) is 1.97. The molecule has 0 N–H and O–H groups in total. The minimum Gasteiger partial charge on any atom is -0.171 e. The Balaban J connectivity index is 3.72. The van der Waals surface area contributed by atoms with Crippen LogP contribution < -0.4 is 0 Å². The van der Waals surface area contributed by atoms with Crippen molar-refractivity contribution in [2.45, 2.75) is 19.5 Å². The molecule has 0 aliphatic rings. The van der Waals surface area contributed by atoms with E-state index in [1.54, 1.807) is 0 Å². The average molecular weight is 138 g/mol. The average Bonchev–Trinajstić information content (AvgIpc) is 1.64. The molecular formula is C6H9F3. The fourth-order valence-electron chi connectivity index (χ4n) is 0.384. The van der Waals surface area contributed by atoms with E-state index in [2.05, 4.69) is 6.58 Å². The molecule has 0 bridgehead atoms. The van der Waals surface area contributed by atoms with E-state index < -0.39 is 12.1 Å². The highest BCUT2D eigenvalue weighted by Gasteiger charge is 2.34. The third-order valence-corrected chi connectivity index (χ3v) is 1.08. The van der Waals surface area contributed by atoms with Gasteiger partial charge in [0.1, 0.15) is 0 Å². The van der Waals surface area contributed by atoms with Gasteiger partial charge in [0.05, 0.1) is 5.92 Å². The maximum absolute atomic E-state index is 11.6. The van der Waals surface area contributed by atoms with Crippen molar-refractivity contribution >= 4 is 0 Å². The number of allylic oxidation sites excluding steroid dienone is 1. The number of rotatable bonds is 2. The largest absolute Gasteiger partial charge is 0.391 e. The minimum atomic E-state index is -4.06. The van der Waals surface area contributed by atoms with E-state index in [1.165, 1.54) is 6.08 Å². The van der Waals surface area contributed by atoms with Crippen molar-refractivity contribution in [3.05, 3.63) is 12.7 Å². The summed E-state index contributed by atoms with van der Waals surface area (Å²) in [5, 5.41) is 0. The van der Waals surface area contributed by atoms with Crippen molar-refractivity contribution < 1.29 is 13.2 Å². The van der Waals surface area contributed by atoms with Gasteiger partial charge in [0.15, 0.2) is 0 Å². The highest BCUT2D eigenvalue weighted by molar-refractivity contribution is 4.74. The van der Waals surface area contributed by atoms with Gasteiger partial charge in [0.2, 0.25) is 0 Å². The summed E-state index contributed by atoms with van der Waals surface area (Å²) in [6.07, 6.45) is -2.78. The first-order valence-corrected chi connectivity index (χ1v) is 2.66. The smallest absolute Gasteiger partial charge is 0.171 e. The summed E-state index contributed by atoms with van der Waals surface area (Å²) < 4.78 is 34.8. The number of alkyl halides is 3. The third-order valence-electron chi connectivity index (χ3n) is 1.08. The van der Waals surface area contributed by atoms with Crippen molar-refractivity contribution in [1.29, 1.82) is 0 Å². The van der Waals surface area contributed by atoms with Crippen LogP contribution in [-0.2, 0) is 0 Å². The molecule has 0 aromatic heterocycles. The van der Waals surface area contributed by atoms with Crippen molar-refractivity contribution in [2.24, 2.45) is 5.92 Å². The Labute approximate surface area is 52.4 Å². The van der Waals surface area contributed by atoms with Crippen molar-refractivity contribution in [3.8, 4) is 0 Å². The maximum atomic E-state index is 11.6. The molecule has 0 aromatic rings. The maximum Gasteiger partial charge on any atom is 0.391 e. The number of hydrogen-bond acceptors (Lipinski definition) is 0. The summed E-state index contributed by atoms with van der Waals surface area (Å²) in [5.41, 5.74) is 0. The highest BCUT2D eigenvalue weighted by atomic mass is 19.4. The first kappa shape index (κ1) is 8.53. The zero-order chi connectivity index (χ0) is 7.49. The lowest BCUT2D eigenvalue weighted by Crippen LogP contribution is -2.18. The van der Waals surface area contributed by atoms with Crippen LogP contribution >= 0.6 is 0 Å². The molecule has 1 unspecified atom stereocenters. The van der Waals surface area contributed by atoms with Crippen LogP contribution in [0.15, 0.2) is 12.7 Å². The molecule has 0 radical (unpaired) electrons. The zero-order valence-corrected chi connectivity index (χ0v) is 5.20. The SMILES string of the molecule is C=CCC(C)C(F)(F)F. The first-order chi connectivity index (χ1) is 3.98. The molecule has 0 nitrogen and oxygen atoms in total. The fraction of sp³-hybridized carbons (Fsp3) is 0.667. The molecule has 0 fully saturated rings. The van der Waals surface area contributed by atoms with Gasteiger partial charge in [-0.05, 0) is 6.42 Å². The molecule has 9 heavy (non-hydrogen) atoms. The Hall–Kier alpha value is -0.470. The first-order valence-electron chi connectivity index (χ1n) is 2.66. The second-order valence-corrected chi connectivity index (χ2v) is 1.97. The van der Waals surface area contributed by atoms with Crippen molar-refractivity contribution in [1.82, 2.24) is 0 Å². The summed E-state index contributed by atoms with van der Waals surface area (Å²) in [5.74, 6) is -1.25. The molecule has 54 valence electrons. The van der Waals surface area contributed by atoms with E-state index in [0.717, 1.165) is 6.92 Å². The Morgan fingerprint density at radius 3 is 2.11 bits per heavy atom. The molecule has 0 rings (SSSR count). The molecule has 1 atom stereocenters. The van der Waals surface area contributed by atoms with Crippen LogP contribution in [0.1, 0.15) is 13.3 Å². The predicted octanol–water partition coefficient (Wildman–Crippen LogP) is 2.76. The lowest BCUT2D eigenvalue weighted by Gasteiger charge is -2.12. The van der Waals surface area contributed by atoms with Gasteiger partial charge in [-0.15, -0.1) is 6.58 Å². The van der Waals surface area contributed by atoms with E-state index in [1.807, 2.05) is 0 Å². The fourth-order valence-corrected chi connectivity index (χ4v) is 0.384. The summed E-state index contributed by atoms with van der Waals surface area (Å²) in [6.45, 7) is 4.35. The Morgan fingerprint density at radius 1 is 1.56 bits per heavy atom. The summed E-state index contributed by atoms with van der Waals surface area (Å²) >= 11 is 0. The van der Waals surface area contributed by atoms with Gasteiger partial charge in [-0.1, -0.05) is 13.0 Å². The van der Waals surface area contributed by atoms with Gasteiger partial charge in [0, 0.05) is 0 Å². The molecule has 0 aromatic carbocycles. The van der Waals surface area contributed by atoms with Crippen LogP contribution in [0.3, 0.4) is 0 Å². The molecule has 0 spiro atoms. The monoisotopic (exact) mass is 138 g/mol. The van der Waals surface area contributed by atoms with E-state index in [0.29, 0.717) is 0 Å². The standard InChI is InChI=1S/C6H9F3/c1-3-4-5(2)6(7,8)9/h3,5H,1,4H2,2H3. The molecule has 0 heterocycles. The molecule has 0 saturated heterocycles. The van der Waals surface area contributed by atoms with Gasteiger partial charge in [0.25, 0.3) is 0 Å². The van der Waals surface area contributed by atoms with Gasteiger partial charge >= 0.3 is 6.18 Å². The summed E-state index contributed by atoms with van der Waals surface area (Å²) in [6, 6.07) is 0. The van der Waals surface area contributed by atoms with Gasteiger partial charge < -0.3 is 0 Å². The number of hydrogen-bond donors (Lipinski definition) is 0. The molecule has 0 aliphatic heterocycles. The van der Waals surface area contributed by atoms with Gasteiger partial charge in [-0.25, -0.2) is 0 Å². The zero-order valence-electron chi connectivity index (χ0n) is 5.20. The van der Waals surface area contributed by atoms with E-state index >= 15 is 0 Å². The van der Waals surface area contributed by atoms with Crippen molar-refractivity contribution in [3.63, 3.8) is 0 Å². The van der Waals surface area contributed by atoms with Crippen LogP contribution in [0.2, 0.25) is 0 Å². The third kappa shape index (κ3) is 3.16. The highest BCUT2D eigenvalue weighted by Crippen LogP contribution is 2.27. The molecule has 0 amide bonds. The van der Waals surface area contributed by atoms with Crippen LogP contribution in [-0.4, -0.2) is 6.18 Å². The summed E-state index contributed by atoms with van der Waals surface area (Å²) in [4.78, 5) is 0.